The lowest BCUT2D eigenvalue weighted by Gasteiger charge is -2.20. The number of nitrogen functional groups attached to an aromatic ring is 2. The third-order valence-electron chi connectivity index (χ3n) is 4.04. The second-order valence-electron chi connectivity index (χ2n) is 5.36. The SMILES string of the molecule is COc1ccc2c(c1)CCc1cc3c(N)nc(N)nc3nc1-2. The summed E-state index contributed by atoms with van der Waals surface area (Å²) in [6, 6.07) is 8.08. The summed E-state index contributed by atoms with van der Waals surface area (Å²) in [6.45, 7) is 0. The molecule has 6 nitrogen and oxygen atoms in total. The van der Waals surface area contributed by atoms with Crippen LogP contribution in [0.2, 0.25) is 0 Å². The number of aryl methyl sites for hydroxylation is 2. The van der Waals surface area contributed by atoms with Crippen LogP contribution in [-0.2, 0) is 12.8 Å². The van der Waals surface area contributed by atoms with Crippen LogP contribution in [0.4, 0.5) is 11.8 Å². The van der Waals surface area contributed by atoms with Crippen molar-refractivity contribution in [1.82, 2.24) is 15.0 Å². The van der Waals surface area contributed by atoms with E-state index in [1.54, 1.807) is 7.11 Å². The van der Waals surface area contributed by atoms with Gasteiger partial charge in [-0.2, -0.15) is 9.97 Å². The number of hydrogen-bond acceptors (Lipinski definition) is 6. The number of ether oxygens (including phenoxy) is 1. The first-order valence-electron chi connectivity index (χ1n) is 7.05. The van der Waals surface area contributed by atoms with E-state index in [0.717, 1.165) is 40.8 Å². The Kier molecular flexibility index (Phi) is 2.66. The van der Waals surface area contributed by atoms with Crippen LogP contribution >= 0.6 is 0 Å². The standard InChI is InChI=1S/C16H15N5O/c1-22-10-4-5-11-8(6-10)2-3-9-7-12-14(17)20-16(18)21-15(12)19-13(9)11/h4-7H,2-3H2,1H3,(H4,17,18,19,20,21). The van der Waals surface area contributed by atoms with Gasteiger partial charge in [0.1, 0.15) is 11.6 Å². The minimum Gasteiger partial charge on any atom is -0.497 e. The topological polar surface area (TPSA) is 99.9 Å². The van der Waals surface area contributed by atoms with Gasteiger partial charge in [0, 0.05) is 5.56 Å². The smallest absolute Gasteiger partial charge is 0.224 e. The molecule has 0 amide bonds. The largest absolute Gasteiger partial charge is 0.497 e. The van der Waals surface area contributed by atoms with Gasteiger partial charge in [-0.05, 0) is 48.2 Å². The molecule has 4 rings (SSSR count). The van der Waals surface area contributed by atoms with Crippen molar-refractivity contribution < 1.29 is 4.74 Å². The highest BCUT2D eigenvalue weighted by molar-refractivity contribution is 5.90. The molecular formula is C16H15N5O. The molecule has 0 fully saturated rings. The van der Waals surface area contributed by atoms with Crippen LogP contribution in [0.25, 0.3) is 22.3 Å². The van der Waals surface area contributed by atoms with E-state index in [0.29, 0.717) is 11.5 Å². The van der Waals surface area contributed by atoms with Gasteiger partial charge in [0.2, 0.25) is 5.95 Å². The average Bonchev–Trinajstić information content (AvgIpc) is 2.52. The predicted molar refractivity (Wildman–Crippen MR) is 85.6 cm³/mol. The van der Waals surface area contributed by atoms with Crippen molar-refractivity contribution in [2.75, 3.05) is 18.6 Å². The van der Waals surface area contributed by atoms with E-state index in [-0.39, 0.29) is 5.95 Å². The highest BCUT2D eigenvalue weighted by atomic mass is 16.5. The van der Waals surface area contributed by atoms with E-state index < -0.39 is 0 Å². The first kappa shape index (κ1) is 12.8. The molecule has 0 radical (unpaired) electrons. The molecule has 0 atom stereocenters. The fraction of sp³-hybridized carbons (Fsp3) is 0.188. The summed E-state index contributed by atoms with van der Waals surface area (Å²) in [5.74, 6) is 1.38. The lowest BCUT2D eigenvalue weighted by Crippen LogP contribution is -2.08. The van der Waals surface area contributed by atoms with E-state index in [9.17, 15) is 0 Å². The Morgan fingerprint density at radius 1 is 1.00 bits per heavy atom. The number of hydrogen-bond donors (Lipinski definition) is 2. The molecule has 22 heavy (non-hydrogen) atoms. The first-order chi connectivity index (χ1) is 10.7. The summed E-state index contributed by atoms with van der Waals surface area (Å²) in [5, 5.41) is 0.755. The molecule has 0 saturated carbocycles. The van der Waals surface area contributed by atoms with E-state index in [1.807, 2.05) is 18.2 Å². The first-order valence-corrected chi connectivity index (χ1v) is 7.05. The maximum absolute atomic E-state index is 5.94. The zero-order chi connectivity index (χ0) is 15.3. The van der Waals surface area contributed by atoms with Gasteiger partial charge in [0.15, 0.2) is 5.65 Å². The van der Waals surface area contributed by atoms with E-state index in [4.69, 9.17) is 16.2 Å². The van der Waals surface area contributed by atoms with Crippen LogP contribution in [0.15, 0.2) is 24.3 Å². The Bertz CT molecular complexity index is 907. The summed E-state index contributed by atoms with van der Waals surface area (Å²) >= 11 is 0. The third kappa shape index (κ3) is 1.84. The molecule has 0 saturated heterocycles. The quantitative estimate of drug-likeness (QED) is 0.711. The Morgan fingerprint density at radius 2 is 1.82 bits per heavy atom. The number of aromatic nitrogens is 3. The zero-order valence-corrected chi connectivity index (χ0v) is 12.1. The molecule has 0 unspecified atom stereocenters. The number of benzene rings is 1. The maximum Gasteiger partial charge on any atom is 0.224 e. The van der Waals surface area contributed by atoms with Gasteiger partial charge in [0.05, 0.1) is 18.2 Å². The average molecular weight is 293 g/mol. The summed E-state index contributed by atoms with van der Waals surface area (Å²) in [5.41, 5.74) is 16.6. The molecule has 1 aliphatic rings. The van der Waals surface area contributed by atoms with Crippen LogP contribution in [0.5, 0.6) is 5.75 Å². The molecule has 2 heterocycles. The zero-order valence-electron chi connectivity index (χ0n) is 12.1. The highest BCUT2D eigenvalue weighted by Gasteiger charge is 2.20. The molecule has 6 heteroatoms. The van der Waals surface area contributed by atoms with Gasteiger partial charge in [0.25, 0.3) is 0 Å². The van der Waals surface area contributed by atoms with Crippen molar-refractivity contribution in [2.45, 2.75) is 12.8 Å². The van der Waals surface area contributed by atoms with Crippen LogP contribution in [0.3, 0.4) is 0 Å². The van der Waals surface area contributed by atoms with Crippen LogP contribution in [0.1, 0.15) is 11.1 Å². The number of nitrogens with two attached hydrogens (primary N) is 2. The minimum atomic E-state index is 0.142. The number of fused-ring (bicyclic) bond motifs is 4. The van der Waals surface area contributed by atoms with E-state index in [2.05, 4.69) is 21.0 Å². The Morgan fingerprint density at radius 3 is 2.64 bits per heavy atom. The fourth-order valence-corrected chi connectivity index (χ4v) is 2.96. The lowest BCUT2D eigenvalue weighted by molar-refractivity contribution is 0.414. The summed E-state index contributed by atoms with van der Waals surface area (Å²) in [7, 11) is 1.67. The van der Waals surface area contributed by atoms with Crippen LogP contribution < -0.4 is 16.2 Å². The monoisotopic (exact) mass is 293 g/mol. The molecule has 3 aromatic rings. The van der Waals surface area contributed by atoms with E-state index >= 15 is 0 Å². The molecule has 4 N–H and O–H groups in total. The van der Waals surface area contributed by atoms with Gasteiger partial charge in [-0.25, -0.2) is 4.98 Å². The summed E-state index contributed by atoms with van der Waals surface area (Å²) in [4.78, 5) is 12.9. The second kappa shape index (κ2) is 4.56. The fourth-order valence-electron chi connectivity index (χ4n) is 2.96. The minimum absolute atomic E-state index is 0.142. The maximum atomic E-state index is 5.94. The van der Waals surface area contributed by atoms with Crippen LogP contribution in [0, 0.1) is 0 Å². The number of methoxy groups -OCH3 is 1. The predicted octanol–water partition coefficient (Wildman–Crippen LogP) is 1.96. The molecule has 1 aromatic carbocycles. The van der Waals surface area contributed by atoms with Crippen molar-refractivity contribution in [3.05, 3.63) is 35.4 Å². The Labute approximate surface area is 127 Å². The molecule has 0 bridgehead atoms. The van der Waals surface area contributed by atoms with Crippen molar-refractivity contribution >= 4 is 22.8 Å². The van der Waals surface area contributed by atoms with Gasteiger partial charge >= 0.3 is 0 Å². The number of pyridine rings is 1. The number of nitrogens with zero attached hydrogens (tertiary/aromatic N) is 3. The van der Waals surface area contributed by atoms with Gasteiger partial charge in [-0.3, -0.25) is 0 Å². The van der Waals surface area contributed by atoms with Crippen molar-refractivity contribution in [2.24, 2.45) is 0 Å². The van der Waals surface area contributed by atoms with Crippen molar-refractivity contribution in [3.63, 3.8) is 0 Å². The van der Waals surface area contributed by atoms with Gasteiger partial charge in [-0.1, -0.05) is 0 Å². The lowest BCUT2D eigenvalue weighted by atomic mass is 9.88. The Balaban J connectivity index is 1.98. The summed E-state index contributed by atoms with van der Waals surface area (Å²) in [6.07, 6.45) is 1.85. The second-order valence-corrected chi connectivity index (χ2v) is 5.36. The third-order valence-corrected chi connectivity index (χ3v) is 4.04. The Hall–Kier alpha value is -2.89. The molecule has 2 aromatic heterocycles. The molecule has 110 valence electrons. The van der Waals surface area contributed by atoms with Gasteiger partial charge < -0.3 is 16.2 Å². The van der Waals surface area contributed by atoms with Crippen molar-refractivity contribution in [3.8, 4) is 17.0 Å². The van der Waals surface area contributed by atoms with Crippen molar-refractivity contribution in [1.29, 1.82) is 0 Å². The number of anilines is 2. The molecule has 1 aliphatic carbocycles. The highest BCUT2D eigenvalue weighted by Crippen LogP contribution is 2.36. The summed E-state index contributed by atoms with van der Waals surface area (Å²) < 4.78 is 5.30. The normalized spacial score (nSPS) is 12.8. The number of rotatable bonds is 1. The van der Waals surface area contributed by atoms with E-state index in [1.165, 1.54) is 5.56 Å². The molecule has 0 aliphatic heterocycles. The molecular weight excluding hydrogens is 278 g/mol. The molecule has 0 spiro atoms. The van der Waals surface area contributed by atoms with Crippen LogP contribution in [-0.4, -0.2) is 22.1 Å². The van der Waals surface area contributed by atoms with Gasteiger partial charge in [-0.15, -0.1) is 0 Å².